The topological polar surface area (TPSA) is 60.7 Å². The third-order valence-corrected chi connectivity index (χ3v) is 7.46. The monoisotopic (exact) mass is 470 g/mol. The van der Waals surface area contributed by atoms with Gasteiger partial charge in [0.2, 0.25) is 0 Å². The van der Waals surface area contributed by atoms with Crippen LogP contribution in [0.2, 0.25) is 0 Å². The van der Waals surface area contributed by atoms with Crippen molar-refractivity contribution in [2.24, 2.45) is 0 Å². The molecule has 6 aromatic rings. The second kappa shape index (κ2) is 8.31. The van der Waals surface area contributed by atoms with Crippen molar-refractivity contribution >= 4 is 32.3 Å². The molecule has 0 bridgehead atoms. The van der Waals surface area contributed by atoms with E-state index in [-0.39, 0.29) is 17.2 Å². The molecule has 0 heterocycles. The van der Waals surface area contributed by atoms with Gasteiger partial charge in [0, 0.05) is 22.1 Å². The zero-order valence-electron chi connectivity index (χ0n) is 19.9. The van der Waals surface area contributed by atoms with Gasteiger partial charge in [0.1, 0.15) is 17.2 Å². The molecule has 0 amide bonds. The Balaban J connectivity index is 1.75. The molecule has 0 radical (unpaired) electrons. The third-order valence-electron chi connectivity index (χ3n) is 7.46. The molecule has 0 aromatic heterocycles. The van der Waals surface area contributed by atoms with Gasteiger partial charge in [-0.15, -0.1) is 0 Å². The minimum absolute atomic E-state index is 0.156. The second-order valence-electron chi connectivity index (χ2n) is 9.65. The molecule has 0 spiro atoms. The van der Waals surface area contributed by atoms with Crippen LogP contribution in [-0.2, 0) is 11.8 Å². The summed E-state index contributed by atoms with van der Waals surface area (Å²) in [5.74, 6) is 0.505. The predicted octanol–water partition coefficient (Wildman–Crippen LogP) is 7.81. The molecule has 36 heavy (non-hydrogen) atoms. The fourth-order valence-corrected chi connectivity index (χ4v) is 5.85. The van der Waals surface area contributed by atoms with Crippen LogP contribution < -0.4 is 0 Å². The molecular weight excluding hydrogens is 444 g/mol. The Morgan fingerprint density at radius 3 is 1.36 bits per heavy atom. The first-order valence-electron chi connectivity index (χ1n) is 12.1. The van der Waals surface area contributed by atoms with Crippen molar-refractivity contribution in [3.05, 3.63) is 126 Å². The number of fused-ring (bicyclic) bond motifs is 3. The van der Waals surface area contributed by atoms with Crippen molar-refractivity contribution < 1.29 is 15.3 Å². The van der Waals surface area contributed by atoms with Gasteiger partial charge >= 0.3 is 0 Å². The molecule has 0 unspecified atom stereocenters. The Morgan fingerprint density at radius 1 is 0.472 bits per heavy atom. The van der Waals surface area contributed by atoms with Crippen LogP contribution in [0, 0.1) is 0 Å². The standard InChI is InChI=1S/C33H26O3/c1-33(31-25-12-6-3-9-22(25)15-18-29(31)35,32-26-13-7-4-10-23(26)16-19-30(32)36)20-27-24-11-5-2-8-21(24)14-17-28(27)34/h2-19,34-36H,20H2,1H3. The number of phenols is 3. The van der Waals surface area contributed by atoms with E-state index in [4.69, 9.17) is 0 Å². The van der Waals surface area contributed by atoms with E-state index < -0.39 is 5.41 Å². The van der Waals surface area contributed by atoms with Crippen molar-refractivity contribution in [3.8, 4) is 17.2 Å². The van der Waals surface area contributed by atoms with Crippen LogP contribution in [0.5, 0.6) is 17.2 Å². The molecule has 6 rings (SSSR count). The van der Waals surface area contributed by atoms with Gasteiger partial charge < -0.3 is 15.3 Å². The van der Waals surface area contributed by atoms with Gasteiger partial charge in [0.15, 0.2) is 0 Å². The molecule has 0 saturated carbocycles. The summed E-state index contributed by atoms with van der Waals surface area (Å²) in [5, 5.41) is 39.7. The Labute approximate surface area is 209 Å². The molecule has 176 valence electrons. The highest BCUT2D eigenvalue weighted by Gasteiger charge is 2.38. The summed E-state index contributed by atoms with van der Waals surface area (Å²) in [4.78, 5) is 0. The van der Waals surface area contributed by atoms with Crippen LogP contribution in [0.4, 0.5) is 0 Å². The van der Waals surface area contributed by atoms with Gasteiger partial charge in [-0.05, 0) is 56.9 Å². The first-order valence-corrected chi connectivity index (χ1v) is 12.1. The van der Waals surface area contributed by atoms with Crippen LogP contribution in [0.15, 0.2) is 109 Å². The molecular formula is C33H26O3. The summed E-state index contributed by atoms with van der Waals surface area (Å²) in [5.41, 5.74) is 1.33. The van der Waals surface area contributed by atoms with Crippen molar-refractivity contribution in [2.45, 2.75) is 18.8 Å². The van der Waals surface area contributed by atoms with E-state index in [2.05, 4.69) is 6.92 Å². The van der Waals surface area contributed by atoms with Gasteiger partial charge in [0.05, 0.1) is 0 Å². The number of rotatable bonds is 4. The minimum Gasteiger partial charge on any atom is -0.508 e. The Hall–Kier alpha value is -4.50. The predicted molar refractivity (Wildman–Crippen MR) is 147 cm³/mol. The first kappa shape index (κ1) is 22.0. The van der Waals surface area contributed by atoms with Gasteiger partial charge in [-0.25, -0.2) is 0 Å². The van der Waals surface area contributed by atoms with Gasteiger partial charge in [-0.3, -0.25) is 0 Å². The number of benzene rings is 6. The maximum Gasteiger partial charge on any atom is 0.120 e. The lowest BCUT2D eigenvalue weighted by Crippen LogP contribution is -2.28. The molecule has 0 fully saturated rings. The van der Waals surface area contributed by atoms with Crippen LogP contribution in [0.3, 0.4) is 0 Å². The van der Waals surface area contributed by atoms with Gasteiger partial charge in [-0.2, -0.15) is 0 Å². The fourth-order valence-electron chi connectivity index (χ4n) is 5.85. The summed E-state index contributed by atoms with van der Waals surface area (Å²) in [6, 6.07) is 34.8. The average molecular weight is 471 g/mol. The van der Waals surface area contributed by atoms with Crippen molar-refractivity contribution in [1.82, 2.24) is 0 Å². The fraction of sp³-hybridized carbons (Fsp3) is 0.0909. The smallest absolute Gasteiger partial charge is 0.120 e. The largest absolute Gasteiger partial charge is 0.508 e. The first-order chi connectivity index (χ1) is 17.5. The zero-order valence-corrected chi connectivity index (χ0v) is 19.9. The van der Waals surface area contributed by atoms with E-state index in [1.54, 1.807) is 18.2 Å². The second-order valence-corrected chi connectivity index (χ2v) is 9.65. The molecule has 6 aromatic carbocycles. The Morgan fingerprint density at radius 2 is 0.861 bits per heavy atom. The number of aromatic hydroxyl groups is 3. The van der Waals surface area contributed by atoms with E-state index in [0.717, 1.165) is 49.0 Å². The van der Waals surface area contributed by atoms with Crippen molar-refractivity contribution in [3.63, 3.8) is 0 Å². The molecule has 3 heteroatoms. The molecule has 3 N–H and O–H groups in total. The zero-order chi connectivity index (χ0) is 24.9. The summed E-state index contributed by atoms with van der Waals surface area (Å²) in [6.45, 7) is 2.05. The van der Waals surface area contributed by atoms with Crippen molar-refractivity contribution in [1.29, 1.82) is 0 Å². The summed E-state index contributed by atoms with van der Waals surface area (Å²) in [7, 11) is 0. The SMILES string of the molecule is CC(Cc1c(O)ccc2ccccc12)(c1c(O)ccc2ccccc12)c1c(O)ccc2ccccc12. The lowest BCUT2D eigenvalue weighted by Gasteiger charge is -2.35. The van der Waals surface area contributed by atoms with E-state index in [1.165, 1.54) is 0 Å². The highest BCUT2D eigenvalue weighted by atomic mass is 16.3. The van der Waals surface area contributed by atoms with Crippen LogP contribution in [-0.4, -0.2) is 15.3 Å². The Bertz CT molecular complexity index is 1680. The Kier molecular flexibility index (Phi) is 5.08. The highest BCUT2D eigenvalue weighted by Crippen LogP contribution is 2.50. The van der Waals surface area contributed by atoms with E-state index in [0.29, 0.717) is 6.42 Å². The van der Waals surface area contributed by atoms with Crippen LogP contribution in [0.1, 0.15) is 23.6 Å². The molecule has 0 aliphatic heterocycles. The van der Waals surface area contributed by atoms with E-state index in [9.17, 15) is 15.3 Å². The van der Waals surface area contributed by atoms with Gasteiger partial charge in [-0.1, -0.05) is 97.9 Å². The molecule has 3 nitrogen and oxygen atoms in total. The number of hydrogen-bond acceptors (Lipinski definition) is 3. The molecule has 0 saturated heterocycles. The minimum atomic E-state index is -0.891. The lowest BCUT2D eigenvalue weighted by molar-refractivity contribution is 0.421. The third kappa shape index (κ3) is 3.36. The van der Waals surface area contributed by atoms with Gasteiger partial charge in [0.25, 0.3) is 0 Å². The quantitative estimate of drug-likeness (QED) is 0.246. The lowest BCUT2D eigenvalue weighted by atomic mass is 9.68. The van der Waals surface area contributed by atoms with E-state index in [1.807, 2.05) is 91.0 Å². The van der Waals surface area contributed by atoms with Crippen molar-refractivity contribution in [2.75, 3.05) is 0 Å². The summed E-state index contributed by atoms with van der Waals surface area (Å²) >= 11 is 0. The molecule has 0 atom stereocenters. The van der Waals surface area contributed by atoms with E-state index >= 15 is 0 Å². The maximum absolute atomic E-state index is 11.4. The molecule has 0 aliphatic carbocycles. The summed E-state index contributed by atoms with van der Waals surface area (Å²) in [6.07, 6.45) is 0.364. The number of hydrogen-bond donors (Lipinski definition) is 3. The van der Waals surface area contributed by atoms with Crippen LogP contribution >= 0.6 is 0 Å². The highest BCUT2D eigenvalue weighted by molar-refractivity contribution is 5.95. The summed E-state index contributed by atoms with van der Waals surface area (Å²) < 4.78 is 0. The van der Waals surface area contributed by atoms with Crippen LogP contribution in [0.25, 0.3) is 32.3 Å². The maximum atomic E-state index is 11.4. The average Bonchev–Trinajstić information content (AvgIpc) is 2.90. The number of phenolic OH excluding ortho intramolecular Hbond substituents is 3. The normalized spacial score (nSPS) is 11.9. The molecule has 0 aliphatic rings.